The Labute approximate surface area is 84.6 Å². The second-order valence-corrected chi connectivity index (χ2v) is 8.18. The van der Waals surface area contributed by atoms with E-state index >= 15 is 0 Å². The van der Waals surface area contributed by atoms with Crippen LogP contribution in [0, 0.1) is 5.41 Å². The largest absolute Gasteiger partial charge is 0.393 e. The predicted octanol–water partition coefficient (Wildman–Crippen LogP) is 0.889. The van der Waals surface area contributed by atoms with Crippen molar-refractivity contribution in [3.05, 3.63) is 0 Å². The minimum absolute atomic E-state index is 0.261. The molecule has 0 N–H and O–H groups in total. The van der Waals surface area contributed by atoms with Gasteiger partial charge in [-0.05, 0) is 33.6 Å². The van der Waals surface area contributed by atoms with Crippen LogP contribution in [0.5, 0.6) is 0 Å². The maximum absolute atomic E-state index is 5.92. The lowest BCUT2D eigenvalue weighted by molar-refractivity contribution is 0.161. The summed E-state index contributed by atoms with van der Waals surface area (Å²) in [5, 5.41) is 0. The van der Waals surface area contributed by atoms with Crippen LogP contribution in [0.15, 0.2) is 0 Å². The van der Waals surface area contributed by atoms with Crippen molar-refractivity contribution >= 4 is 9.36 Å². The van der Waals surface area contributed by atoms with Crippen molar-refractivity contribution < 1.29 is 4.43 Å². The highest BCUT2D eigenvalue weighted by molar-refractivity contribution is 6.45. The molecule has 80 valence electrons. The molecular weight excluding hydrogens is 180 g/mol. The first-order valence-electron chi connectivity index (χ1n) is 4.68. The van der Waals surface area contributed by atoms with Crippen LogP contribution in [0.4, 0.5) is 0 Å². The zero-order valence-corrected chi connectivity index (χ0v) is 11.2. The van der Waals surface area contributed by atoms with Gasteiger partial charge in [0, 0.05) is 6.61 Å². The molecule has 0 bridgehead atoms. The fraction of sp³-hybridized carbons (Fsp3) is 1.00. The SMILES string of the molecule is CN(C)[SiH](OCC(C)(C)C)N(C)C. The van der Waals surface area contributed by atoms with Crippen molar-refractivity contribution in [1.82, 2.24) is 9.13 Å². The monoisotopic (exact) mass is 204 g/mol. The number of nitrogens with zero attached hydrogens (tertiary/aromatic N) is 2. The smallest absolute Gasteiger partial charge is 0.339 e. The van der Waals surface area contributed by atoms with Crippen molar-refractivity contribution in [3.63, 3.8) is 0 Å². The standard InChI is InChI=1S/C9H24N2OSi/c1-9(2,3)8-12-13(10(4)5)11(6)7/h13H,8H2,1-7H3. The summed E-state index contributed by atoms with van der Waals surface area (Å²) in [5.74, 6) is 0. The van der Waals surface area contributed by atoms with E-state index in [1.165, 1.54) is 0 Å². The molecule has 0 saturated heterocycles. The average Bonchev–Trinajstić information content (AvgIpc) is 1.82. The number of hydrogen-bond acceptors (Lipinski definition) is 3. The van der Waals surface area contributed by atoms with E-state index in [9.17, 15) is 0 Å². The molecule has 0 aromatic heterocycles. The van der Waals surface area contributed by atoms with Gasteiger partial charge in [0.15, 0.2) is 0 Å². The van der Waals surface area contributed by atoms with Gasteiger partial charge in [0.1, 0.15) is 0 Å². The van der Waals surface area contributed by atoms with Crippen LogP contribution in [0.3, 0.4) is 0 Å². The Morgan fingerprint density at radius 3 is 1.62 bits per heavy atom. The summed E-state index contributed by atoms with van der Waals surface area (Å²) in [6.45, 7) is 7.43. The summed E-state index contributed by atoms with van der Waals surface area (Å²) >= 11 is 0. The molecule has 0 amide bonds. The number of rotatable bonds is 4. The molecule has 0 saturated carbocycles. The quantitative estimate of drug-likeness (QED) is 0.633. The third kappa shape index (κ3) is 6.21. The highest BCUT2D eigenvalue weighted by Crippen LogP contribution is 2.13. The van der Waals surface area contributed by atoms with Gasteiger partial charge in [0.25, 0.3) is 0 Å². The van der Waals surface area contributed by atoms with Crippen LogP contribution < -0.4 is 0 Å². The van der Waals surface area contributed by atoms with Gasteiger partial charge in [-0.3, -0.25) is 9.13 Å². The van der Waals surface area contributed by atoms with Crippen molar-refractivity contribution in [2.75, 3.05) is 34.8 Å². The Balaban J connectivity index is 3.98. The Morgan fingerprint density at radius 2 is 1.38 bits per heavy atom. The summed E-state index contributed by atoms with van der Waals surface area (Å²) in [6.07, 6.45) is 0. The molecule has 3 nitrogen and oxygen atoms in total. The zero-order chi connectivity index (χ0) is 10.6. The maximum Gasteiger partial charge on any atom is 0.339 e. The fourth-order valence-corrected chi connectivity index (χ4v) is 3.25. The topological polar surface area (TPSA) is 15.7 Å². The lowest BCUT2D eigenvalue weighted by Crippen LogP contribution is -2.49. The van der Waals surface area contributed by atoms with Crippen molar-refractivity contribution in [2.24, 2.45) is 5.41 Å². The molecule has 0 aliphatic carbocycles. The van der Waals surface area contributed by atoms with Gasteiger partial charge < -0.3 is 4.43 Å². The van der Waals surface area contributed by atoms with Crippen LogP contribution in [0.25, 0.3) is 0 Å². The highest BCUT2D eigenvalue weighted by Gasteiger charge is 2.21. The molecule has 0 rings (SSSR count). The van der Waals surface area contributed by atoms with E-state index in [0.717, 1.165) is 6.61 Å². The molecule has 0 radical (unpaired) electrons. The van der Waals surface area contributed by atoms with E-state index in [1.807, 2.05) is 0 Å². The van der Waals surface area contributed by atoms with Crippen LogP contribution in [0.1, 0.15) is 20.8 Å². The minimum Gasteiger partial charge on any atom is -0.393 e. The Kier molecular flexibility index (Phi) is 5.13. The predicted molar refractivity (Wildman–Crippen MR) is 59.9 cm³/mol. The second kappa shape index (κ2) is 5.10. The van der Waals surface area contributed by atoms with Crippen LogP contribution in [0.2, 0.25) is 0 Å². The van der Waals surface area contributed by atoms with Gasteiger partial charge in [-0.25, -0.2) is 0 Å². The molecule has 13 heavy (non-hydrogen) atoms. The minimum atomic E-state index is -1.31. The fourth-order valence-electron chi connectivity index (χ4n) is 1.08. The third-order valence-electron chi connectivity index (χ3n) is 1.55. The van der Waals surface area contributed by atoms with Gasteiger partial charge >= 0.3 is 9.36 Å². The van der Waals surface area contributed by atoms with Gasteiger partial charge in [0.05, 0.1) is 0 Å². The van der Waals surface area contributed by atoms with Gasteiger partial charge in [0.2, 0.25) is 0 Å². The van der Waals surface area contributed by atoms with Crippen LogP contribution in [-0.4, -0.2) is 53.3 Å². The average molecular weight is 204 g/mol. The van der Waals surface area contributed by atoms with Crippen molar-refractivity contribution in [3.8, 4) is 0 Å². The summed E-state index contributed by atoms with van der Waals surface area (Å²) in [4.78, 5) is 0. The molecule has 0 fully saturated rings. The Hall–Kier alpha value is 0.0969. The van der Waals surface area contributed by atoms with Crippen LogP contribution in [-0.2, 0) is 4.43 Å². The third-order valence-corrected chi connectivity index (χ3v) is 3.78. The van der Waals surface area contributed by atoms with E-state index in [2.05, 4.69) is 58.1 Å². The van der Waals surface area contributed by atoms with Gasteiger partial charge in [-0.1, -0.05) is 20.8 Å². The summed E-state index contributed by atoms with van der Waals surface area (Å²) in [7, 11) is 7.02. The normalized spacial score (nSPS) is 13.4. The molecule has 0 aromatic rings. The number of hydrogen-bond donors (Lipinski definition) is 0. The highest BCUT2D eigenvalue weighted by atomic mass is 28.3. The van der Waals surface area contributed by atoms with Gasteiger partial charge in [-0.2, -0.15) is 0 Å². The first kappa shape index (κ1) is 13.1. The van der Waals surface area contributed by atoms with E-state index in [0.29, 0.717) is 0 Å². The first-order valence-corrected chi connectivity index (χ1v) is 6.19. The molecular formula is C9H24N2OSi. The molecule has 0 heterocycles. The van der Waals surface area contributed by atoms with Crippen LogP contribution >= 0.6 is 0 Å². The molecule has 0 unspecified atom stereocenters. The summed E-state index contributed by atoms with van der Waals surface area (Å²) < 4.78 is 10.3. The lowest BCUT2D eigenvalue weighted by Gasteiger charge is -2.30. The van der Waals surface area contributed by atoms with E-state index in [1.54, 1.807) is 0 Å². The summed E-state index contributed by atoms with van der Waals surface area (Å²) in [6, 6.07) is 0. The van der Waals surface area contributed by atoms with E-state index < -0.39 is 9.36 Å². The van der Waals surface area contributed by atoms with Crippen molar-refractivity contribution in [2.45, 2.75) is 20.8 Å². The molecule has 0 atom stereocenters. The summed E-state index contributed by atoms with van der Waals surface area (Å²) in [5.41, 5.74) is 0.261. The van der Waals surface area contributed by atoms with Gasteiger partial charge in [-0.15, -0.1) is 0 Å². The molecule has 0 aliphatic rings. The molecule has 0 aromatic carbocycles. The maximum atomic E-state index is 5.92. The molecule has 0 aliphatic heterocycles. The molecule has 4 heteroatoms. The van der Waals surface area contributed by atoms with E-state index in [4.69, 9.17) is 4.43 Å². The Morgan fingerprint density at radius 1 is 1.00 bits per heavy atom. The second-order valence-electron chi connectivity index (χ2n) is 5.13. The Bertz CT molecular complexity index is 135. The van der Waals surface area contributed by atoms with Crippen molar-refractivity contribution in [1.29, 1.82) is 0 Å². The molecule has 0 spiro atoms. The first-order chi connectivity index (χ1) is 5.74. The van der Waals surface area contributed by atoms with E-state index in [-0.39, 0.29) is 5.41 Å². The zero-order valence-electron chi connectivity index (χ0n) is 10.1. The lowest BCUT2D eigenvalue weighted by atomic mass is 9.99.